The van der Waals surface area contributed by atoms with Crippen molar-refractivity contribution in [2.24, 2.45) is 5.73 Å². The normalized spacial score (nSPS) is 23.5. The van der Waals surface area contributed by atoms with Gasteiger partial charge in [0.05, 0.1) is 12.1 Å². The van der Waals surface area contributed by atoms with Crippen LogP contribution < -0.4 is 15.8 Å². The number of hydrogen-bond acceptors (Lipinski definition) is 6. The minimum absolute atomic E-state index is 0.0332. The molecule has 1 fully saturated rings. The first-order valence-electron chi connectivity index (χ1n) is 8.49. The Morgan fingerprint density at radius 1 is 1.46 bits per heavy atom. The lowest BCUT2D eigenvalue weighted by atomic mass is 9.95. The number of rotatable bonds is 1. The lowest BCUT2D eigenvalue weighted by Gasteiger charge is -2.34. The Bertz CT molecular complexity index is 920. The van der Waals surface area contributed by atoms with Crippen LogP contribution in [0.2, 0.25) is 0 Å². The van der Waals surface area contributed by atoms with Crippen molar-refractivity contribution in [2.75, 3.05) is 11.9 Å². The number of hydrogen-bond donors (Lipinski definition) is 2. The van der Waals surface area contributed by atoms with Gasteiger partial charge in [0.15, 0.2) is 0 Å². The molecule has 0 unspecified atom stereocenters. The number of nitrogens with zero attached hydrogens (tertiary/aromatic N) is 2. The van der Waals surface area contributed by atoms with Crippen molar-refractivity contribution in [3.63, 3.8) is 0 Å². The minimum Gasteiger partial charge on any atom is -0.473 e. The van der Waals surface area contributed by atoms with E-state index < -0.39 is 41.0 Å². The van der Waals surface area contributed by atoms with E-state index in [2.05, 4.69) is 5.32 Å². The van der Waals surface area contributed by atoms with Crippen LogP contribution in [0, 0.1) is 17.1 Å². The van der Waals surface area contributed by atoms with E-state index in [0.717, 1.165) is 17.0 Å². The molecule has 10 heteroatoms. The first kappa shape index (κ1) is 19.4. The number of nitrogens with two attached hydrogens (primary N) is 1. The number of nitrogens with one attached hydrogen (secondary N) is 1. The van der Waals surface area contributed by atoms with Gasteiger partial charge in [-0.1, -0.05) is 0 Å². The summed E-state index contributed by atoms with van der Waals surface area (Å²) in [7, 11) is 0. The SMILES string of the molecule is CC(C)(C)OC(=O)N1C[C@@]2(C[C@H]1C(N)=O)Oc1cc(F)cc(C#N)c1NC2=O. The van der Waals surface area contributed by atoms with Crippen LogP contribution in [0.3, 0.4) is 0 Å². The molecule has 0 aromatic heterocycles. The summed E-state index contributed by atoms with van der Waals surface area (Å²) in [4.78, 5) is 38.2. The number of benzene rings is 1. The highest BCUT2D eigenvalue weighted by Gasteiger charge is 2.57. The number of carbonyl (C=O) groups excluding carboxylic acids is 3. The van der Waals surface area contributed by atoms with Crippen molar-refractivity contribution in [1.82, 2.24) is 4.90 Å². The molecule has 2 heterocycles. The quantitative estimate of drug-likeness (QED) is 0.741. The molecule has 3 rings (SSSR count). The minimum atomic E-state index is -1.66. The summed E-state index contributed by atoms with van der Waals surface area (Å²) in [5.74, 6) is -2.29. The van der Waals surface area contributed by atoms with E-state index in [9.17, 15) is 18.8 Å². The Morgan fingerprint density at radius 2 is 2.14 bits per heavy atom. The molecule has 148 valence electrons. The summed E-state index contributed by atoms with van der Waals surface area (Å²) in [6.45, 7) is 4.64. The number of halogens is 1. The van der Waals surface area contributed by atoms with Gasteiger partial charge in [-0.05, 0) is 26.8 Å². The molecule has 1 aromatic rings. The van der Waals surface area contributed by atoms with Crippen molar-refractivity contribution in [3.8, 4) is 11.8 Å². The monoisotopic (exact) mass is 390 g/mol. The number of anilines is 1. The molecule has 28 heavy (non-hydrogen) atoms. The second kappa shape index (κ2) is 6.37. The van der Waals surface area contributed by atoms with E-state index in [-0.39, 0.29) is 30.0 Å². The van der Waals surface area contributed by atoms with Gasteiger partial charge in [-0.25, -0.2) is 9.18 Å². The molecule has 2 aliphatic heterocycles. The third-order valence-corrected chi connectivity index (χ3v) is 4.43. The highest BCUT2D eigenvalue weighted by molar-refractivity contribution is 6.03. The largest absolute Gasteiger partial charge is 0.473 e. The Balaban J connectivity index is 1.98. The van der Waals surface area contributed by atoms with Gasteiger partial charge < -0.3 is 20.5 Å². The average Bonchev–Trinajstić information content (AvgIpc) is 2.95. The zero-order valence-corrected chi connectivity index (χ0v) is 15.5. The van der Waals surface area contributed by atoms with Gasteiger partial charge in [0.25, 0.3) is 5.91 Å². The van der Waals surface area contributed by atoms with Crippen molar-refractivity contribution in [1.29, 1.82) is 5.26 Å². The molecular formula is C18H19FN4O5. The molecule has 0 aliphatic carbocycles. The van der Waals surface area contributed by atoms with E-state index in [1.54, 1.807) is 26.8 Å². The maximum Gasteiger partial charge on any atom is 0.411 e. The Kier molecular flexibility index (Phi) is 4.41. The lowest BCUT2D eigenvalue weighted by molar-refractivity contribution is -0.131. The number of likely N-dealkylation sites (tertiary alicyclic amines) is 1. The molecule has 3 N–H and O–H groups in total. The van der Waals surface area contributed by atoms with Gasteiger partial charge in [-0.3, -0.25) is 14.5 Å². The summed E-state index contributed by atoms with van der Waals surface area (Å²) in [6.07, 6.45) is -1.06. The predicted molar refractivity (Wildman–Crippen MR) is 93.6 cm³/mol. The second-order valence-electron chi connectivity index (χ2n) is 7.72. The fourth-order valence-corrected chi connectivity index (χ4v) is 3.24. The number of primary amides is 1. The molecule has 1 saturated heterocycles. The van der Waals surface area contributed by atoms with E-state index in [4.69, 9.17) is 20.5 Å². The number of nitriles is 1. The molecule has 3 amide bonds. The van der Waals surface area contributed by atoms with Crippen LogP contribution in [0.5, 0.6) is 5.75 Å². The predicted octanol–water partition coefficient (Wildman–Crippen LogP) is 1.26. The van der Waals surface area contributed by atoms with Gasteiger partial charge in [0.2, 0.25) is 11.5 Å². The molecule has 0 bridgehead atoms. The number of fused-ring (bicyclic) bond motifs is 1. The first-order chi connectivity index (χ1) is 13.0. The van der Waals surface area contributed by atoms with Gasteiger partial charge in [0, 0.05) is 12.5 Å². The topological polar surface area (TPSA) is 135 Å². The maximum absolute atomic E-state index is 13.8. The van der Waals surface area contributed by atoms with Crippen molar-refractivity contribution in [3.05, 3.63) is 23.5 Å². The summed E-state index contributed by atoms with van der Waals surface area (Å²) in [5.41, 5.74) is 2.85. The smallest absolute Gasteiger partial charge is 0.411 e. The Hall–Kier alpha value is -3.35. The van der Waals surface area contributed by atoms with Crippen LogP contribution in [0.15, 0.2) is 12.1 Å². The number of amides is 3. The molecule has 9 nitrogen and oxygen atoms in total. The van der Waals surface area contributed by atoms with E-state index >= 15 is 0 Å². The zero-order chi connectivity index (χ0) is 20.9. The van der Waals surface area contributed by atoms with E-state index in [0.29, 0.717) is 0 Å². The highest BCUT2D eigenvalue weighted by atomic mass is 19.1. The number of ether oxygens (including phenoxy) is 2. The van der Waals surface area contributed by atoms with Crippen LogP contribution >= 0.6 is 0 Å². The highest BCUT2D eigenvalue weighted by Crippen LogP contribution is 2.42. The molecule has 2 atom stereocenters. The van der Waals surface area contributed by atoms with Crippen molar-refractivity contribution in [2.45, 2.75) is 44.4 Å². The Labute approximate surface area is 160 Å². The molecule has 0 radical (unpaired) electrons. The van der Waals surface area contributed by atoms with Crippen molar-refractivity contribution < 1.29 is 28.2 Å². The third kappa shape index (κ3) is 3.31. The fourth-order valence-electron chi connectivity index (χ4n) is 3.24. The fraction of sp³-hybridized carbons (Fsp3) is 0.444. The van der Waals surface area contributed by atoms with Gasteiger partial charge in [0.1, 0.15) is 35.0 Å². The third-order valence-electron chi connectivity index (χ3n) is 4.43. The molecule has 1 spiro atoms. The van der Waals surface area contributed by atoms with Crippen LogP contribution in [0.4, 0.5) is 14.9 Å². The standard InChI is InChI=1S/C18H19FN4O5/c1-17(2,3)28-16(26)23-8-18(6-11(23)14(21)24)15(25)22-13-9(7-20)4-10(19)5-12(13)27-18/h4-5,11H,6,8H2,1-3H3,(H2,21,24)(H,22,25)/t11-,18+/m0/s1. The molecular weight excluding hydrogens is 371 g/mol. The number of carbonyl (C=O) groups is 3. The van der Waals surface area contributed by atoms with Crippen LogP contribution in [0.1, 0.15) is 32.8 Å². The summed E-state index contributed by atoms with van der Waals surface area (Å²) >= 11 is 0. The van der Waals surface area contributed by atoms with Gasteiger partial charge in [-0.2, -0.15) is 5.26 Å². The van der Waals surface area contributed by atoms with Gasteiger partial charge in [-0.15, -0.1) is 0 Å². The van der Waals surface area contributed by atoms with Crippen molar-refractivity contribution >= 4 is 23.6 Å². The Morgan fingerprint density at radius 3 is 2.71 bits per heavy atom. The molecule has 2 aliphatic rings. The van der Waals surface area contributed by atoms with Crippen LogP contribution in [0.25, 0.3) is 0 Å². The second-order valence-corrected chi connectivity index (χ2v) is 7.72. The first-order valence-corrected chi connectivity index (χ1v) is 8.49. The average molecular weight is 390 g/mol. The van der Waals surface area contributed by atoms with E-state index in [1.165, 1.54) is 0 Å². The van der Waals surface area contributed by atoms with Crippen LogP contribution in [-0.2, 0) is 14.3 Å². The van der Waals surface area contributed by atoms with E-state index in [1.807, 2.05) is 0 Å². The summed E-state index contributed by atoms with van der Waals surface area (Å²) < 4.78 is 24.8. The van der Waals surface area contributed by atoms with Crippen LogP contribution in [-0.4, -0.2) is 46.6 Å². The molecule has 1 aromatic carbocycles. The molecule has 0 saturated carbocycles. The summed E-state index contributed by atoms with van der Waals surface area (Å²) in [6, 6.07) is 2.62. The zero-order valence-electron chi connectivity index (χ0n) is 15.5. The maximum atomic E-state index is 13.8. The lowest BCUT2D eigenvalue weighted by Crippen LogP contribution is -2.53. The van der Waals surface area contributed by atoms with Gasteiger partial charge >= 0.3 is 6.09 Å². The summed E-state index contributed by atoms with van der Waals surface area (Å²) in [5, 5.41) is 11.7.